The first-order chi connectivity index (χ1) is 12.6. The van der Waals surface area contributed by atoms with Gasteiger partial charge in [-0.3, -0.25) is 4.79 Å². The highest BCUT2D eigenvalue weighted by atomic mass is 32.2. The Bertz CT molecular complexity index is 903. The summed E-state index contributed by atoms with van der Waals surface area (Å²) < 4.78 is 1.93. The quantitative estimate of drug-likeness (QED) is 0.666. The summed E-state index contributed by atoms with van der Waals surface area (Å²) in [5.41, 5.74) is 5.38. The van der Waals surface area contributed by atoms with Gasteiger partial charge >= 0.3 is 0 Å². The lowest BCUT2D eigenvalue weighted by molar-refractivity contribution is -0.118. The highest BCUT2D eigenvalue weighted by molar-refractivity contribution is 8.00. The third-order valence-electron chi connectivity index (χ3n) is 4.31. The molecule has 0 aliphatic rings. The first kappa shape index (κ1) is 18.3. The highest BCUT2D eigenvalue weighted by Gasteiger charge is 2.14. The lowest BCUT2D eigenvalue weighted by atomic mass is 10.1. The minimum atomic E-state index is 0.0320. The molecule has 0 fully saturated rings. The molecule has 1 amide bonds. The Morgan fingerprint density at radius 1 is 1.04 bits per heavy atom. The van der Waals surface area contributed by atoms with E-state index in [0.717, 1.165) is 27.5 Å². The molecule has 0 radical (unpaired) electrons. The average Bonchev–Trinajstić information content (AvgIpc) is 2.94. The number of hydrogen-bond donors (Lipinski definition) is 1. The molecule has 0 unspecified atom stereocenters. The van der Waals surface area contributed by atoms with E-state index in [2.05, 4.69) is 23.4 Å². The fourth-order valence-corrected chi connectivity index (χ4v) is 3.77. The summed E-state index contributed by atoms with van der Waals surface area (Å²) in [6.45, 7) is 6.65. The number of rotatable bonds is 6. The van der Waals surface area contributed by atoms with Gasteiger partial charge in [0.05, 0.1) is 27.7 Å². The van der Waals surface area contributed by atoms with Gasteiger partial charge in [-0.25, -0.2) is 4.68 Å². The maximum absolute atomic E-state index is 12.2. The van der Waals surface area contributed by atoms with E-state index < -0.39 is 0 Å². The SMILES string of the molecule is Cc1ccccc1CNC(=O)CSc1c(C)nn(-c2ccccc2)c1C. The minimum absolute atomic E-state index is 0.0320. The first-order valence-electron chi connectivity index (χ1n) is 8.62. The standard InChI is InChI=1S/C21H23N3OS/c1-15-9-7-8-10-18(15)13-22-20(25)14-26-21-16(2)23-24(17(21)3)19-11-5-4-6-12-19/h4-12H,13-14H2,1-3H3,(H,22,25). The zero-order chi connectivity index (χ0) is 18.5. The second-order valence-corrected chi connectivity index (χ2v) is 7.22. The van der Waals surface area contributed by atoms with E-state index in [1.165, 1.54) is 5.56 Å². The van der Waals surface area contributed by atoms with E-state index in [-0.39, 0.29) is 5.91 Å². The zero-order valence-electron chi connectivity index (χ0n) is 15.3. The number of benzene rings is 2. The summed E-state index contributed by atoms with van der Waals surface area (Å²) in [5, 5.41) is 7.63. The normalized spacial score (nSPS) is 10.7. The first-order valence-corrected chi connectivity index (χ1v) is 9.60. The topological polar surface area (TPSA) is 46.9 Å². The van der Waals surface area contributed by atoms with Crippen molar-refractivity contribution in [3.05, 3.63) is 77.1 Å². The highest BCUT2D eigenvalue weighted by Crippen LogP contribution is 2.27. The van der Waals surface area contributed by atoms with Gasteiger partial charge in [-0.2, -0.15) is 5.10 Å². The number of aryl methyl sites for hydroxylation is 2. The molecule has 134 valence electrons. The summed E-state index contributed by atoms with van der Waals surface area (Å²) in [4.78, 5) is 13.3. The van der Waals surface area contributed by atoms with Gasteiger partial charge in [0, 0.05) is 6.54 Å². The molecule has 26 heavy (non-hydrogen) atoms. The maximum atomic E-state index is 12.2. The molecule has 0 aliphatic heterocycles. The third-order valence-corrected chi connectivity index (χ3v) is 5.60. The number of nitrogens with one attached hydrogen (secondary N) is 1. The van der Waals surface area contributed by atoms with E-state index in [0.29, 0.717) is 12.3 Å². The smallest absolute Gasteiger partial charge is 0.230 e. The summed E-state index contributed by atoms with van der Waals surface area (Å²) in [7, 11) is 0. The fraction of sp³-hybridized carbons (Fsp3) is 0.238. The number of amides is 1. The van der Waals surface area contributed by atoms with Gasteiger partial charge in [-0.05, 0) is 44.0 Å². The van der Waals surface area contributed by atoms with Crippen LogP contribution in [0.25, 0.3) is 5.69 Å². The van der Waals surface area contributed by atoms with Crippen LogP contribution in [0, 0.1) is 20.8 Å². The van der Waals surface area contributed by atoms with E-state index in [9.17, 15) is 4.79 Å². The Hall–Kier alpha value is -2.53. The van der Waals surface area contributed by atoms with Gasteiger partial charge < -0.3 is 5.32 Å². The van der Waals surface area contributed by atoms with Crippen LogP contribution < -0.4 is 5.32 Å². The molecule has 0 spiro atoms. The van der Waals surface area contributed by atoms with Crippen molar-refractivity contribution in [3.8, 4) is 5.69 Å². The Kier molecular flexibility index (Phi) is 5.78. The molecule has 1 heterocycles. The van der Waals surface area contributed by atoms with Crippen molar-refractivity contribution in [3.63, 3.8) is 0 Å². The molecular formula is C21H23N3OS. The van der Waals surface area contributed by atoms with Crippen LogP contribution in [0.2, 0.25) is 0 Å². The van der Waals surface area contributed by atoms with E-state index in [4.69, 9.17) is 0 Å². The number of para-hydroxylation sites is 1. The molecule has 3 aromatic rings. The van der Waals surface area contributed by atoms with E-state index in [1.807, 2.05) is 67.1 Å². The van der Waals surface area contributed by atoms with Gasteiger partial charge in [0.25, 0.3) is 0 Å². The van der Waals surface area contributed by atoms with Gasteiger partial charge in [0.2, 0.25) is 5.91 Å². The largest absolute Gasteiger partial charge is 0.351 e. The molecular weight excluding hydrogens is 342 g/mol. The summed E-state index contributed by atoms with van der Waals surface area (Å²) in [5.74, 6) is 0.415. The average molecular weight is 366 g/mol. The molecule has 0 aliphatic carbocycles. The van der Waals surface area contributed by atoms with Gasteiger partial charge in [0.15, 0.2) is 0 Å². The lowest BCUT2D eigenvalue weighted by Crippen LogP contribution is -2.24. The number of aromatic nitrogens is 2. The lowest BCUT2D eigenvalue weighted by Gasteiger charge is -2.08. The van der Waals surface area contributed by atoms with Crippen LogP contribution in [0.5, 0.6) is 0 Å². The number of carbonyl (C=O) groups is 1. The van der Waals surface area contributed by atoms with Crippen LogP contribution in [-0.2, 0) is 11.3 Å². The van der Waals surface area contributed by atoms with E-state index >= 15 is 0 Å². The Balaban J connectivity index is 1.62. The van der Waals surface area contributed by atoms with Crippen molar-refractivity contribution in [2.45, 2.75) is 32.2 Å². The molecule has 1 N–H and O–H groups in total. The summed E-state index contributed by atoms with van der Waals surface area (Å²) >= 11 is 1.54. The van der Waals surface area contributed by atoms with Gasteiger partial charge in [-0.1, -0.05) is 42.5 Å². The van der Waals surface area contributed by atoms with Crippen LogP contribution >= 0.6 is 11.8 Å². The minimum Gasteiger partial charge on any atom is -0.351 e. The van der Waals surface area contributed by atoms with Crippen molar-refractivity contribution < 1.29 is 4.79 Å². The number of nitrogens with zero attached hydrogens (tertiary/aromatic N) is 2. The van der Waals surface area contributed by atoms with Crippen LogP contribution in [0.3, 0.4) is 0 Å². The molecule has 1 aromatic heterocycles. The Morgan fingerprint density at radius 3 is 2.46 bits per heavy atom. The molecule has 0 saturated carbocycles. The third kappa shape index (κ3) is 4.17. The van der Waals surface area contributed by atoms with Crippen LogP contribution in [0.1, 0.15) is 22.5 Å². The van der Waals surface area contributed by atoms with Crippen molar-refractivity contribution >= 4 is 17.7 Å². The van der Waals surface area contributed by atoms with Crippen molar-refractivity contribution in [1.29, 1.82) is 0 Å². The maximum Gasteiger partial charge on any atom is 0.230 e. The summed E-state index contributed by atoms with van der Waals surface area (Å²) in [6.07, 6.45) is 0. The molecule has 0 atom stereocenters. The second kappa shape index (κ2) is 8.23. The molecule has 2 aromatic carbocycles. The summed E-state index contributed by atoms with van der Waals surface area (Å²) in [6, 6.07) is 18.1. The number of thioether (sulfide) groups is 1. The predicted molar refractivity (Wildman–Crippen MR) is 107 cm³/mol. The van der Waals surface area contributed by atoms with Crippen LogP contribution in [-0.4, -0.2) is 21.4 Å². The van der Waals surface area contributed by atoms with Crippen molar-refractivity contribution in [2.75, 3.05) is 5.75 Å². The Labute approximate surface area is 158 Å². The second-order valence-electron chi connectivity index (χ2n) is 6.24. The van der Waals surface area contributed by atoms with Crippen LogP contribution in [0.4, 0.5) is 0 Å². The Morgan fingerprint density at radius 2 is 1.73 bits per heavy atom. The van der Waals surface area contributed by atoms with Gasteiger partial charge in [0.1, 0.15) is 0 Å². The molecule has 0 bridgehead atoms. The molecule has 0 saturated heterocycles. The predicted octanol–water partition coefficient (Wildman–Crippen LogP) is 4.21. The van der Waals surface area contributed by atoms with Crippen molar-refractivity contribution in [1.82, 2.24) is 15.1 Å². The molecule has 3 rings (SSSR count). The fourth-order valence-electron chi connectivity index (χ4n) is 2.85. The number of hydrogen-bond acceptors (Lipinski definition) is 3. The van der Waals surface area contributed by atoms with Crippen LogP contribution in [0.15, 0.2) is 59.5 Å². The number of carbonyl (C=O) groups excluding carboxylic acids is 1. The monoisotopic (exact) mass is 365 g/mol. The molecule has 5 heteroatoms. The zero-order valence-corrected chi connectivity index (χ0v) is 16.1. The van der Waals surface area contributed by atoms with Gasteiger partial charge in [-0.15, -0.1) is 11.8 Å². The molecule has 4 nitrogen and oxygen atoms in total. The van der Waals surface area contributed by atoms with Crippen molar-refractivity contribution in [2.24, 2.45) is 0 Å². The van der Waals surface area contributed by atoms with E-state index in [1.54, 1.807) is 11.8 Å².